The Hall–Kier alpha value is -2.51. The highest BCUT2D eigenvalue weighted by Crippen LogP contribution is 2.29. The fraction of sp³-hybridized carbons (Fsp3) is 0.357. The van der Waals surface area contributed by atoms with Crippen molar-refractivity contribution in [1.82, 2.24) is 15.0 Å². The summed E-state index contributed by atoms with van der Waals surface area (Å²) >= 11 is 0. The van der Waals surface area contributed by atoms with Crippen molar-refractivity contribution < 1.29 is 13.5 Å². The SMILES string of the molecule is CCOc1cnccc1Nc1cc(NC)nc(C(C)(F)F)n1. The number of ether oxygens (including phenoxy) is 1. The van der Waals surface area contributed by atoms with Crippen LogP contribution in [0, 0.1) is 0 Å². The molecule has 0 aliphatic heterocycles. The van der Waals surface area contributed by atoms with Gasteiger partial charge < -0.3 is 15.4 Å². The van der Waals surface area contributed by atoms with Gasteiger partial charge in [-0.1, -0.05) is 0 Å². The Morgan fingerprint density at radius 3 is 2.64 bits per heavy atom. The van der Waals surface area contributed by atoms with Crippen molar-refractivity contribution >= 4 is 17.3 Å². The molecule has 2 aromatic heterocycles. The molecule has 6 nitrogen and oxygen atoms in total. The molecule has 2 heterocycles. The van der Waals surface area contributed by atoms with Crippen LogP contribution >= 0.6 is 0 Å². The van der Waals surface area contributed by atoms with E-state index in [1.165, 1.54) is 6.07 Å². The summed E-state index contributed by atoms with van der Waals surface area (Å²) in [5, 5.41) is 5.69. The highest BCUT2D eigenvalue weighted by molar-refractivity contribution is 5.64. The lowest BCUT2D eigenvalue weighted by Crippen LogP contribution is -2.15. The minimum atomic E-state index is -3.13. The number of pyridine rings is 1. The van der Waals surface area contributed by atoms with E-state index < -0.39 is 11.7 Å². The second kappa shape index (κ2) is 6.50. The average molecular weight is 309 g/mol. The van der Waals surface area contributed by atoms with Crippen LogP contribution in [0.4, 0.5) is 26.1 Å². The first kappa shape index (κ1) is 15.9. The highest BCUT2D eigenvalue weighted by Gasteiger charge is 2.29. The van der Waals surface area contributed by atoms with Gasteiger partial charge in [0.2, 0.25) is 5.82 Å². The van der Waals surface area contributed by atoms with E-state index in [0.29, 0.717) is 23.9 Å². The van der Waals surface area contributed by atoms with E-state index >= 15 is 0 Å². The van der Waals surface area contributed by atoms with E-state index in [9.17, 15) is 8.78 Å². The van der Waals surface area contributed by atoms with E-state index in [0.717, 1.165) is 6.92 Å². The zero-order valence-corrected chi connectivity index (χ0v) is 12.5. The first-order valence-corrected chi connectivity index (χ1v) is 6.73. The van der Waals surface area contributed by atoms with Crippen LogP contribution < -0.4 is 15.4 Å². The van der Waals surface area contributed by atoms with E-state index in [1.54, 1.807) is 25.5 Å². The number of hydrogen-bond donors (Lipinski definition) is 2. The van der Waals surface area contributed by atoms with Gasteiger partial charge in [-0.25, -0.2) is 9.97 Å². The Kier molecular flexibility index (Phi) is 4.69. The topological polar surface area (TPSA) is 72.0 Å². The molecule has 0 atom stereocenters. The van der Waals surface area contributed by atoms with Crippen LogP contribution in [0.5, 0.6) is 5.75 Å². The van der Waals surface area contributed by atoms with Gasteiger partial charge in [-0.15, -0.1) is 0 Å². The molecule has 0 spiro atoms. The van der Waals surface area contributed by atoms with E-state index in [-0.39, 0.29) is 5.82 Å². The zero-order valence-electron chi connectivity index (χ0n) is 12.5. The number of halogens is 2. The third kappa shape index (κ3) is 3.78. The fourth-order valence-electron chi connectivity index (χ4n) is 1.73. The molecule has 22 heavy (non-hydrogen) atoms. The molecule has 0 amide bonds. The molecule has 0 fully saturated rings. The lowest BCUT2D eigenvalue weighted by molar-refractivity contribution is 0.00798. The summed E-state index contributed by atoms with van der Waals surface area (Å²) in [6.45, 7) is 3.06. The Labute approximate surface area is 127 Å². The number of alkyl halides is 2. The van der Waals surface area contributed by atoms with E-state index in [1.807, 2.05) is 6.92 Å². The molecule has 118 valence electrons. The van der Waals surface area contributed by atoms with Crippen LogP contribution in [0.15, 0.2) is 24.5 Å². The van der Waals surface area contributed by atoms with Gasteiger partial charge in [-0.2, -0.15) is 8.78 Å². The third-order valence-electron chi connectivity index (χ3n) is 2.72. The van der Waals surface area contributed by atoms with Gasteiger partial charge in [0, 0.05) is 26.2 Å². The van der Waals surface area contributed by atoms with Gasteiger partial charge in [0.25, 0.3) is 0 Å². The number of rotatable bonds is 6. The van der Waals surface area contributed by atoms with Gasteiger partial charge in [-0.05, 0) is 13.0 Å². The average Bonchev–Trinajstić information content (AvgIpc) is 2.48. The maximum Gasteiger partial charge on any atom is 0.303 e. The quantitative estimate of drug-likeness (QED) is 0.854. The Morgan fingerprint density at radius 1 is 1.27 bits per heavy atom. The molecule has 0 saturated heterocycles. The molecule has 8 heteroatoms. The number of nitrogens with zero attached hydrogens (tertiary/aromatic N) is 3. The summed E-state index contributed by atoms with van der Waals surface area (Å²) in [6, 6.07) is 3.21. The second-order valence-electron chi connectivity index (χ2n) is 4.53. The largest absolute Gasteiger partial charge is 0.490 e. The summed E-state index contributed by atoms with van der Waals surface area (Å²) in [5.74, 6) is -2.65. The van der Waals surface area contributed by atoms with Gasteiger partial charge in [-0.3, -0.25) is 4.98 Å². The van der Waals surface area contributed by atoms with Crippen LogP contribution in [0.1, 0.15) is 19.7 Å². The molecule has 0 bridgehead atoms. The molecule has 2 N–H and O–H groups in total. The fourth-order valence-corrected chi connectivity index (χ4v) is 1.73. The lowest BCUT2D eigenvalue weighted by atomic mass is 10.3. The standard InChI is InChI=1S/C14H17F2N5O/c1-4-22-10-8-18-6-5-9(10)19-12-7-11(17-3)20-13(21-12)14(2,15)16/h5-8H,4H2,1-3H3,(H2,17,18,19,20,21). The first-order valence-electron chi connectivity index (χ1n) is 6.73. The Balaban J connectivity index is 2.37. The number of nitrogens with one attached hydrogen (secondary N) is 2. The molecule has 0 aromatic carbocycles. The first-order chi connectivity index (χ1) is 10.4. The summed E-state index contributed by atoms with van der Waals surface area (Å²) in [4.78, 5) is 11.6. The molecule has 0 aliphatic rings. The minimum Gasteiger partial charge on any atom is -0.490 e. The molecule has 0 unspecified atom stereocenters. The number of hydrogen-bond acceptors (Lipinski definition) is 6. The monoisotopic (exact) mass is 309 g/mol. The lowest BCUT2D eigenvalue weighted by Gasteiger charge is -2.15. The predicted octanol–water partition coefficient (Wildman–Crippen LogP) is 3.17. The van der Waals surface area contributed by atoms with Crippen molar-refractivity contribution in [3.05, 3.63) is 30.4 Å². The number of aromatic nitrogens is 3. The maximum atomic E-state index is 13.5. The molecule has 0 aliphatic carbocycles. The van der Waals surface area contributed by atoms with E-state index in [4.69, 9.17) is 4.74 Å². The highest BCUT2D eigenvalue weighted by atomic mass is 19.3. The van der Waals surface area contributed by atoms with Crippen molar-refractivity contribution in [2.45, 2.75) is 19.8 Å². The normalized spacial score (nSPS) is 11.1. The van der Waals surface area contributed by atoms with Crippen LogP contribution in [0.3, 0.4) is 0 Å². The third-order valence-corrected chi connectivity index (χ3v) is 2.72. The second-order valence-corrected chi connectivity index (χ2v) is 4.53. The Morgan fingerprint density at radius 2 is 2.00 bits per heavy atom. The maximum absolute atomic E-state index is 13.5. The van der Waals surface area contributed by atoms with Gasteiger partial charge in [0.05, 0.1) is 18.5 Å². The summed E-state index contributed by atoms with van der Waals surface area (Å²) in [6.07, 6.45) is 3.11. The molecular weight excluding hydrogens is 292 g/mol. The summed E-state index contributed by atoms with van der Waals surface area (Å²) in [5.41, 5.74) is 0.586. The smallest absolute Gasteiger partial charge is 0.303 e. The predicted molar refractivity (Wildman–Crippen MR) is 79.8 cm³/mol. The molecule has 2 aromatic rings. The summed E-state index contributed by atoms with van der Waals surface area (Å²) in [7, 11) is 1.60. The van der Waals surface area contributed by atoms with Gasteiger partial charge in [0.1, 0.15) is 11.6 Å². The van der Waals surface area contributed by atoms with Crippen molar-refractivity contribution in [2.24, 2.45) is 0 Å². The molecule has 0 saturated carbocycles. The van der Waals surface area contributed by atoms with Crippen LogP contribution in [-0.2, 0) is 5.92 Å². The van der Waals surface area contributed by atoms with Gasteiger partial charge in [0.15, 0.2) is 5.75 Å². The van der Waals surface area contributed by atoms with Crippen LogP contribution in [-0.4, -0.2) is 28.6 Å². The molecule has 2 rings (SSSR count). The van der Waals surface area contributed by atoms with Crippen molar-refractivity contribution in [3.63, 3.8) is 0 Å². The van der Waals surface area contributed by atoms with Crippen LogP contribution in [0.25, 0.3) is 0 Å². The van der Waals surface area contributed by atoms with Crippen molar-refractivity contribution in [2.75, 3.05) is 24.3 Å². The van der Waals surface area contributed by atoms with E-state index in [2.05, 4.69) is 25.6 Å². The summed E-state index contributed by atoms with van der Waals surface area (Å²) < 4.78 is 32.4. The van der Waals surface area contributed by atoms with Crippen molar-refractivity contribution in [1.29, 1.82) is 0 Å². The Bertz CT molecular complexity index is 645. The zero-order chi connectivity index (χ0) is 16.2. The van der Waals surface area contributed by atoms with Crippen molar-refractivity contribution in [3.8, 4) is 5.75 Å². The van der Waals surface area contributed by atoms with Gasteiger partial charge >= 0.3 is 5.92 Å². The molecule has 0 radical (unpaired) electrons. The number of anilines is 3. The van der Waals surface area contributed by atoms with Crippen LogP contribution in [0.2, 0.25) is 0 Å². The molecular formula is C14H17F2N5O. The minimum absolute atomic E-state index is 0.239.